The van der Waals surface area contributed by atoms with Gasteiger partial charge in [0.1, 0.15) is 5.56 Å². The van der Waals surface area contributed by atoms with Gasteiger partial charge in [-0.1, -0.05) is 22.9 Å². The number of carboxylic acid groups (broad SMARTS) is 1. The fourth-order valence-corrected chi connectivity index (χ4v) is 2.85. The molecule has 1 aromatic carbocycles. The summed E-state index contributed by atoms with van der Waals surface area (Å²) < 4.78 is 2.10. The zero-order chi connectivity index (χ0) is 12.9. The molecule has 0 amide bonds. The molecule has 3 aromatic rings. The minimum absolute atomic E-state index is 0.354. The molecule has 3 rings (SSSR count). The van der Waals surface area contributed by atoms with Crippen LogP contribution in [0.25, 0.3) is 15.2 Å². The molecule has 0 unspecified atom stereocenters. The second-order valence-corrected chi connectivity index (χ2v) is 5.06. The third kappa shape index (κ3) is 1.50. The van der Waals surface area contributed by atoms with Gasteiger partial charge in [-0.25, -0.2) is 9.78 Å². The second-order valence-electron chi connectivity index (χ2n) is 3.61. The van der Waals surface area contributed by atoms with E-state index in [-0.39, 0.29) is 5.56 Å². The average Bonchev–Trinajstić information content (AvgIpc) is 2.67. The highest BCUT2D eigenvalue weighted by molar-refractivity contribution is 7.23. The van der Waals surface area contributed by atoms with Crippen molar-refractivity contribution in [2.75, 3.05) is 0 Å². The van der Waals surface area contributed by atoms with Crippen molar-refractivity contribution in [2.24, 2.45) is 0 Å². The van der Waals surface area contributed by atoms with E-state index in [0.29, 0.717) is 15.5 Å². The maximum Gasteiger partial charge on any atom is 0.342 e. The van der Waals surface area contributed by atoms with E-state index in [4.69, 9.17) is 16.7 Å². The van der Waals surface area contributed by atoms with Crippen LogP contribution >= 0.6 is 22.9 Å². The topological polar surface area (TPSA) is 71.7 Å². The van der Waals surface area contributed by atoms with E-state index >= 15 is 0 Å². The Kier molecular flexibility index (Phi) is 2.36. The van der Waals surface area contributed by atoms with Crippen molar-refractivity contribution in [3.8, 4) is 0 Å². The van der Waals surface area contributed by atoms with Gasteiger partial charge >= 0.3 is 5.97 Å². The number of carbonyl (C=O) groups is 1. The molecule has 0 saturated heterocycles. The number of hydrogen-bond acceptors (Lipinski definition) is 4. The predicted molar refractivity (Wildman–Crippen MR) is 68.8 cm³/mol. The van der Waals surface area contributed by atoms with Crippen LogP contribution in [0.1, 0.15) is 10.4 Å². The van der Waals surface area contributed by atoms with E-state index in [0.717, 1.165) is 10.9 Å². The summed E-state index contributed by atoms with van der Waals surface area (Å²) >= 11 is 7.19. The normalized spacial score (nSPS) is 11.2. The Morgan fingerprint density at radius 1 is 1.44 bits per heavy atom. The molecule has 0 atom stereocenters. The largest absolute Gasteiger partial charge is 0.477 e. The summed E-state index contributed by atoms with van der Waals surface area (Å²) in [4.78, 5) is 27.4. The molecule has 2 heterocycles. The Hall–Kier alpha value is -1.92. The Morgan fingerprint density at radius 3 is 2.94 bits per heavy atom. The summed E-state index contributed by atoms with van der Waals surface area (Å²) in [5.41, 5.74) is -0.378. The maximum absolute atomic E-state index is 12.1. The molecule has 2 aromatic heterocycles. The van der Waals surface area contributed by atoms with Crippen LogP contribution in [-0.2, 0) is 0 Å². The van der Waals surface area contributed by atoms with Crippen molar-refractivity contribution < 1.29 is 9.90 Å². The lowest BCUT2D eigenvalue weighted by Gasteiger charge is -1.97. The molecule has 90 valence electrons. The van der Waals surface area contributed by atoms with Gasteiger partial charge in [0.2, 0.25) is 0 Å². The zero-order valence-electron chi connectivity index (χ0n) is 8.75. The van der Waals surface area contributed by atoms with Crippen molar-refractivity contribution in [3.63, 3.8) is 0 Å². The van der Waals surface area contributed by atoms with Gasteiger partial charge in [-0.15, -0.1) is 0 Å². The number of hydrogen-bond donors (Lipinski definition) is 1. The molecule has 7 heteroatoms. The number of halogens is 1. The van der Waals surface area contributed by atoms with Gasteiger partial charge in [0.05, 0.1) is 16.4 Å². The van der Waals surface area contributed by atoms with Gasteiger partial charge in [-0.2, -0.15) is 0 Å². The van der Waals surface area contributed by atoms with Crippen LogP contribution in [0, 0.1) is 0 Å². The molecule has 0 aliphatic carbocycles. The SMILES string of the molecule is O=C(O)c1cnc2sc3ccc(Cl)cc3n2c1=O. The molecule has 0 aliphatic heterocycles. The molecule has 1 N–H and O–H groups in total. The van der Waals surface area contributed by atoms with E-state index in [1.807, 2.05) is 0 Å². The summed E-state index contributed by atoms with van der Waals surface area (Å²) in [5, 5.41) is 9.39. The fraction of sp³-hybridized carbons (Fsp3) is 0. The van der Waals surface area contributed by atoms with Gasteiger partial charge in [-0.05, 0) is 18.2 Å². The van der Waals surface area contributed by atoms with E-state index in [1.165, 1.54) is 15.7 Å². The van der Waals surface area contributed by atoms with Crippen LogP contribution in [0.15, 0.2) is 29.2 Å². The Balaban J connectivity index is 2.56. The molecule has 0 spiro atoms. The summed E-state index contributed by atoms with van der Waals surface area (Å²) in [6.45, 7) is 0. The minimum atomic E-state index is -1.29. The predicted octanol–water partition coefficient (Wildman–Crippen LogP) is 2.26. The van der Waals surface area contributed by atoms with E-state index < -0.39 is 11.5 Å². The molecule has 0 bridgehead atoms. The molecular weight excluding hydrogens is 276 g/mol. The van der Waals surface area contributed by atoms with E-state index in [2.05, 4.69) is 4.98 Å². The standard InChI is InChI=1S/C11H5ClN2O3S/c12-5-1-2-8-7(3-5)14-9(15)6(10(16)17)4-13-11(14)18-8/h1-4H,(H,16,17). The first-order valence-corrected chi connectivity index (χ1v) is 6.10. The highest BCUT2D eigenvalue weighted by atomic mass is 35.5. The number of thiazole rings is 1. The van der Waals surface area contributed by atoms with Crippen LogP contribution in [0.4, 0.5) is 0 Å². The Labute approximate surface area is 109 Å². The quantitative estimate of drug-likeness (QED) is 0.742. The summed E-state index contributed by atoms with van der Waals surface area (Å²) in [5.74, 6) is -1.29. The van der Waals surface area contributed by atoms with Gasteiger partial charge in [0.25, 0.3) is 5.56 Å². The number of carboxylic acids is 1. The van der Waals surface area contributed by atoms with Crippen molar-refractivity contribution in [2.45, 2.75) is 0 Å². The lowest BCUT2D eigenvalue weighted by Crippen LogP contribution is -2.21. The molecule has 0 saturated carbocycles. The number of nitrogens with zero attached hydrogens (tertiary/aromatic N) is 2. The Morgan fingerprint density at radius 2 is 2.22 bits per heavy atom. The monoisotopic (exact) mass is 280 g/mol. The number of benzene rings is 1. The smallest absolute Gasteiger partial charge is 0.342 e. The highest BCUT2D eigenvalue weighted by Gasteiger charge is 2.15. The third-order valence-electron chi connectivity index (χ3n) is 2.52. The molecule has 5 nitrogen and oxygen atoms in total. The number of fused-ring (bicyclic) bond motifs is 3. The van der Waals surface area contributed by atoms with E-state index in [9.17, 15) is 9.59 Å². The molecular formula is C11H5ClN2O3S. The molecule has 0 fully saturated rings. The maximum atomic E-state index is 12.1. The van der Waals surface area contributed by atoms with Crippen molar-refractivity contribution in [1.82, 2.24) is 9.38 Å². The van der Waals surface area contributed by atoms with Crippen LogP contribution in [0.5, 0.6) is 0 Å². The summed E-state index contributed by atoms with van der Waals surface area (Å²) in [7, 11) is 0. The molecule has 0 aliphatic rings. The number of rotatable bonds is 1. The molecule has 18 heavy (non-hydrogen) atoms. The lowest BCUT2D eigenvalue weighted by atomic mass is 10.3. The van der Waals surface area contributed by atoms with Crippen LogP contribution in [-0.4, -0.2) is 20.5 Å². The first-order chi connectivity index (χ1) is 8.58. The Bertz CT molecular complexity index is 852. The van der Waals surface area contributed by atoms with Crippen molar-refractivity contribution >= 4 is 44.1 Å². The van der Waals surface area contributed by atoms with Crippen molar-refractivity contribution in [1.29, 1.82) is 0 Å². The first kappa shape index (κ1) is 11.2. The van der Waals surface area contributed by atoms with E-state index in [1.54, 1.807) is 18.2 Å². The van der Waals surface area contributed by atoms with Gasteiger partial charge in [0, 0.05) is 5.02 Å². The van der Waals surface area contributed by atoms with Crippen molar-refractivity contribution in [3.05, 3.63) is 45.3 Å². The van der Waals surface area contributed by atoms with Crippen LogP contribution in [0.3, 0.4) is 0 Å². The minimum Gasteiger partial charge on any atom is -0.477 e. The summed E-state index contributed by atoms with van der Waals surface area (Å²) in [6, 6.07) is 5.11. The zero-order valence-corrected chi connectivity index (χ0v) is 10.3. The molecule has 0 radical (unpaired) electrons. The number of aromatic carboxylic acids is 1. The second kappa shape index (κ2) is 3.79. The lowest BCUT2D eigenvalue weighted by molar-refractivity contribution is 0.0694. The number of aromatic nitrogens is 2. The van der Waals surface area contributed by atoms with Crippen LogP contribution in [0.2, 0.25) is 5.02 Å². The van der Waals surface area contributed by atoms with Gasteiger partial charge in [0.15, 0.2) is 4.96 Å². The summed E-state index contributed by atoms with van der Waals surface area (Å²) in [6.07, 6.45) is 1.08. The first-order valence-electron chi connectivity index (χ1n) is 4.91. The van der Waals surface area contributed by atoms with Gasteiger partial charge < -0.3 is 5.11 Å². The average molecular weight is 281 g/mol. The fourth-order valence-electron chi connectivity index (χ4n) is 1.72. The highest BCUT2D eigenvalue weighted by Crippen LogP contribution is 2.26. The third-order valence-corrected chi connectivity index (χ3v) is 3.79. The van der Waals surface area contributed by atoms with Crippen LogP contribution < -0.4 is 5.56 Å². The van der Waals surface area contributed by atoms with Gasteiger partial charge in [-0.3, -0.25) is 9.20 Å².